The zero-order chi connectivity index (χ0) is 10.9. The van der Waals surface area contributed by atoms with Crippen molar-refractivity contribution in [2.45, 2.75) is 6.92 Å². The number of carbonyl (C=O) groups is 1. The molecule has 0 heterocycles. The van der Waals surface area contributed by atoms with Crippen LogP contribution in [0.2, 0.25) is 5.02 Å². The average Bonchev–Trinajstić information content (AvgIpc) is 2.12. The molecule has 14 heavy (non-hydrogen) atoms. The third kappa shape index (κ3) is 2.04. The molecule has 1 amide bonds. The van der Waals surface area contributed by atoms with E-state index in [1.54, 1.807) is 21.0 Å². The predicted molar refractivity (Wildman–Crippen MR) is 54.2 cm³/mol. The van der Waals surface area contributed by atoms with Crippen LogP contribution in [0, 0.1) is 12.7 Å². The smallest absolute Gasteiger partial charge is 0.253 e. The van der Waals surface area contributed by atoms with Gasteiger partial charge in [0.05, 0.1) is 0 Å². The molecule has 0 radical (unpaired) electrons. The molecule has 1 aromatic rings. The third-order valence-electron chi connectivity index (χ3n) is 1.93. The van der Waals surface area contributed by atoms with Crippen molar-refractivity contribution in [3.63, 3.8) is 0 Å². The molecule has 1 rings (SSSR count). The van der Waals surface area contributed by atoms with Crippen LogP contribution < -0.4 is 0 Å². The van der Waals surface area contributed by atoms with Gasteiger partial charge in [-0.2, -0.15) is 0 Å². The van der Waals surface area contributed by atoms with Gasteiger partial charge in [-0.05, 0) is 19.1 Å². The van der Waals surface area contributed by atoms with Crippen LogP contribution in [0.25, 0.3) is 0 Å². The standard InChI is InChI=1S/C10H11ClFNO/c1-6-8(11)4-7(5-9(6)12)10(14)13(2)3/h4-5H,1-3H3. The first-order valence-electron chi connectivity index (χ1n) is 4.10. The highest BCUT2D eigenvalue weighted by molar-refractivity contribution is 6.31. The van der Waals surface area contributed by atoms with E-state index in [9.17, 15) is 9.18 Å². The lowest BCUT2D eigenvalue weighted by Crippen LogP contribution is -2.21. The van der Waals surface area contributed by atoms with E-state index in [-0.39, 0.29) is 16.5 Å². The van der Waals surface area contributed by atoms with Gasteiger partial charge in [-0.25, -0.2) is 4.39 Å². The number of halogens is 2. The van der Waals surface area contributed by atoms with E-state index in [0.29, 0.717) is 5.56 Å². The number of hydrogen-bond acceptors (Lipinski definition) is 1. The monoisotopic (exact) mass is 215 g/mol. The Bertz CT molecular complexity index is 353. The van der Waals surface area contributed by atoms with Crippen molar-refractivity contribution < 1.29 is 9.18 Å². The first-order valence-corrected chi connectivity index (χ1v) is 4.48. The molecule has 0 aliphatic heterocycles. The molecule has 1 aromatic carbocycles. The molecule has 4 heteroatoms. The molecule has 0 atom stereocenters. The summed E-state index contributed by atoms with van der Waals surface area (Å²) >= 11 is 5.76. The molecular formula is C10H11ClFNO. The Labute approximate surface area is 87.3 Å². The fraction of sp³-hybridized carbons (Fsp3) is 0.300. The fourth-order valence-electron chi connectivity index (χ4n) is 1.03. The molecule has 0 aromatic heterocycles. The van der Waals surface area contributed by atoms with Gasteiger partial charge in [-0.1, -0.05) is 11.6 Å². The van der Waals surface area contributed by atoms with Crippen molar-refractivity contribution in [3.8, 4) is 0 Å². The molecule has 76 valence electrons. The van der Waals surface area contributed by atoms with Crippen LogP contribution in [0.15, 0.2) is 12.1 Å². The van der Waals surface area contributed by atoms with Crippen LogP contribution in [0.5, 0.6) is 0 Å². The predicted octanol–water partition coefficient (Wildman–Crippen LogP) is 2.49. The van der Waals surface area contributed by atoms with Crippen LogP contribution in [-0.2, 0) is 0 Å². The molecular weight excluding hydrogens is 205 g/mol. The molecule has 0 unspecified atom stereocenters. The third-order valence-corrected chi connectivity index (χ3v) is 2.33. The van der Waals surface area contributed by atoms with Crippen LogP contribution in [0.1, 0.15) is 15.9 Å². The van der Waals surface area contributed by atoms with Gasteiger partial charge < -0.3 is 4.90 Å². The topological polar surface area (TPSA) is 20.3 Å². The van der Waals surface area contributed by atoms with Gasteiger partial charge in [0.15, 0.2) is 0 Å². The van der Waals surface area contributed by atoms with Crippen LogP contribution in [0.3, 0.4) is 0 Å². The molecule has 0 fully saturated rings. The van der Waals surface area contributed by atoms with Crippen molar-refractivity contribution in [1.29, 1.82) is 0 Å². The quantitative estimate of drug-likeness (QED) is 0.705. The largest absolute Gasteiger partial charge is 0.345 e. The highest BCUT2D eigenvalue weighted by atomic mass is 35.5. The van der Waals surface area contributed by atoms with E-state index in [1.807, 2.05) is 0 Å². The minimum absolute atomic E-state index is 0.259. The van der Waals surface area contributed by atoms with Gasteiger partial charge in [0.25, 0.3) is 5.91 Å². The molecule has 0 aliphatic rings. The summed E-state index contributed by atoms with van der Waals surface area (Å²) in [7, 11) is 3.21. The lowest BCUT2D eigenvalue weighted by Gasteiger charge is -2.11. The zero-order valence-electron chi connectivity index (χ0n) is 8.27. The Balaban J connectivity index is 3.19. The van der Waals surface area contributed by atoms with E-state index in [4.69, 9.17) is 11.6 Å². The summed E-state index contributed by atoms with van der Waals surface area (Å²) in [4.78, 5) is 12.8. The van der Waals surface area contributed by atoms with Gasteiger partial charge in [0.1, 0.15) is 5.82 Å². The van der Waals surface area contributed by atoms with E-state index >= 15 is 0 Å². The maximum Gasteiger partial charge on any atom is 0.253 e. The number of hydrogen-bond donors (Lipinski definition) is 0. The van der Waals surface area contributed by atoms with E-state index in [0.717, 1.165) is 0 Å². The molecule has 0 saturated heterocycles. The van der Waals surface area contributed by atoms with Crippen LogP contribution in [0.4, 0.5) is 4.39 Å². The van der Waals surface area contributed by atoms with Crippen molar-refractivity contribution >= 4 is 17.5 Å². The first kappa shape index (κ1) is 11.0. The molecule has 0 N–H and O–H groups in total. The summed E-state index contributed by atoms with van der Waals surface area (Å²) in [6, 6.07) is 2.67. The second-order valence-corrected chi connectivity index (χ2v) is 3.67. The minimum atomic E-state index is -0.456. The van der Waals surface area contributed by atoms with Crippen molar-refractivity contribution in [3.05, 3.63) is 34.1 Å². The molecule has 0 saturated carbocycles. The van der Waals surface area contributed by atoms with Crippen molar-refractivity contribution in [2.24, 2.45) is 0 Å². The second-order valence-electron chi connectivity index (χ2n) is 3.26. The van der Waals surface area contributed by atoms with Gasteiger partial charge in [0, 0.05) is 30.2 Å². The summed E-state index contributed by atoms with van der Waals surface area (Å²) in [5.41, 5.74) is 0.630. The first-order chi connectivity index (χ1) is 6.43. The Kier molecular flexibility index (Phi) is 3.11. The SMILES string of the molecule is Cc1c(F)cc(C(=O)N(C)C)cc1Cl. The number of amides is 1. The lowest BCUT2D eigenvalue weighted by molar-refractivity contribution is 0.0827. The van der Waals surface area contributed by atoms with Gasteiger partial charge >= 0.3 is 0 Å². The van der Waals surface area contributed by atoms with E-state index in [2.05, 4.69) is 0 Å². The Hall–Kier alpha value is -1.09. The Morgan fingerprint density at radius 3 is 2.43 bits per heavy atom. The van der Waals surface area contributed by atoms with Gasteiger partial charge in [-0.15, -0.1) is 0 Å². The molecule has 0 bridgehead atoms. The zero-order valence-corrected chi connectivity index (χ0v) is 9.02. The van der Waals surface area contributed by atoms with E-state index < -0.39 is 5.82 Å². The molecule has 0 aliphatic carbocycles. The summed E-state index contributed by atoms with van der Waals surface area (Å²) in [6.45, 7) is 1.57. The lowest BCUT2D eigenvalue weighted by atomic mass is 10.1. The van der Waals surface area contributed by atoms with E-state index in [1.165, 1.54) is 17.0 Å². The number of benzene rings is 1. The van der Waals surface area contributed by atoms with Gasteiger partial charge in [-0.3, -0.25) is 4.79 Å². The summed E-state index contributed by atoms with van der Waals surface area (Å²) in [5.74, 6) is -0.714. The Morgan fingerprint density at radius 2 is 2.00 bits per heavy atom. The van der Waals surface area contributed by atoms with Crippen molar-refractivity contribution in [2.75, 3.05) is 14.1 Å². The number of carbonyl (C=O) groups excluding carboxylic acids is 1. The summed E-state index contributed by atoms with van der Waals surface area (Å²) in [5, 5.41) is 0.273. The molecule has 0 spiro atoms. The summed E-state index contributed by atoms with van der Waals surface area (Å²) < 4.78 is 13.2. The molecule has 2 nitrogen and oxygen atoms in total. The van der Waals surface area contributed by atoms with Crippen molar-refractivity contribution in [1.82, 2.24) is 4.90 Å². The maximum atomic E-state index is 13.2. The Morgan fingerprint density at radius 1 is 1.43 bits per heavy atom. The van der Waals surface area contributed by atoms with Crippen LogP contribution in [-0.4, -0.2) is 24.9 Å². The minimum Gasteiger partial charge on any atom is -0.345 e. The van der Waals surface area contributed by atoms with Gasteiger partial charge in [0.2, 0.25) is 0 Å². The second kappa shape index (κ2) is 3.96. The van der Waals surface area contributed by atoms with Crippen LogP contribution >= 0.6 is 11.6 Å². The fourth-order valence-corrected chi connectivity index (χ4v) is 1.23. The maximum absolute atomic E-state index is 13.2. The number of nitrogens with zero attached hydrogens (tertiary/aromatic N) is 1. The summed E-state index contributed by atoms with van der Waals surface area (Å²) in [6.07, 6.45) is 0. The number of rotatable bonds is 1. The normalized spacial score (nSPS) is 10.1. The highest BCUT2D eigenvalue weighted by Crippen LogP contribution is 2.20. The average molecular weight is 216 g/mol. The highest BCUT2D eigenvalue weighted by Gasteiger charge is 2.12.